The second kappa shape index (κ2) is 62.8. The highest BCUT2D eigenvalue weighted by atomic mass is 31.2. The molecular formula is C72H140O17P2. The first-order chi connectivity index (χ1) is 43.8. The van der Waals surface area contributed by atoms with Gasteiger partial charge in [0, 0.05) is 25.7 Å². The number of carbonyl (C=O) groups is 4. The summed E-state index contributed by atoms with van der Waals surface area (Å²) in [7, 11) is -9.91. The van der Waals surface area contributed by atoms with Crippen molar-refractivity contribution >= 4 is 39.5 Å². The molecule has 0 saturated carbocycles. The number of aliphatic hydroxyl groups excluding tert-OH is 1. The van der Waals surface area contributed by atoms with Gasteiger partial charge in [-0.3, -0.25) is 37.3 Å². The molecule has 0 bridgehead atoms. The fraction of sp³-hybridized carbons (Fsp3) is 0.944. The van der Waals surface area contributed by atoms with Crippen molar-refractivity contribution < 1.29 is 80.2 Å². The van der Waals surface area contributed by atoms with Gasteiger partial charge in [0.2, 0.25) is 0 Å². The molecule has 91 heavy (non-hydrogen) atoms. The van der Waals surface area contributed by atoms with Crippen LogP contribution < -0.4 is 0 Å². The Balaban J connectivity index is 5.26. The third kappa shape index (κ3) is 63.9. The van der Waals surface area contributed by atoms with Crippen molar-refractivity contribution in [3.8, 4) is 0 Å². The highest BCUT2D eigenvalue weighted by molar-refractivity contribution is 7.47. The fourth-order valence-corrected chi connectivity index (χ4v) is 12.4. The van der Waals surface area contributed by atoms with E-state index >= 15 is 0 Å². The lowest BCUT2D eigenvalue weighted by Crippen LogP contribution is -2.30. The second-order valence-corrected chi connectivity index (χ2v) is 29.8. The molecule has 0 aromatic carbocycles. The van der Waals surface area contributed by atoms with Crippen LogP contribution in [-0.4, -0.2) is 96.7 Å². The number of unbranched alkanes of at least 4 members (excludes halogenated alkanes) is 36. The van der Waals surface area contributed by atoms with E-state index in [4.69, 9.17) is 37.0 Å². The molecule has 0 fully saturated rings. The molecule has 0 aliphatic rings. The van der Waals surface area contributed by atoms with E-state index in [0.717, 1.165) is 108 Å². The van der Waals surface area contributed by atoms with E-state index in [2.05, 4.69) is 48.5 Å². The van der Waals surface area contributed by atoms with Gasteiger partial charge in [-0.1, -0.05) is 312 Å². The number of hydrogen-bond acceptors (Lipinski definition) is 15. The normalized spacial score (nSPS) is 14.8. The van der Waals surface area contributed by atoms with E-state index in [-0.39, 0.29) is 25.7 Å². The van der Waals surface area contributed by atoms with Crippen LogP contribution in [0.15, 0.2) is 0 Å². The maximum absolute atomic E-state index is 13.0. The minimum atomic E-state index is -4.95. The molecule has 0 amide bonds. The van der Waals surface area contributed by atoms with E-state index in [0.29, 0.717) is 31.6 Å². The lowest BCUT2D eigenvalue weighted by molar-refractivity contribution is -0.161. The summed E-state index contributed by atoms with van der Waals surface area (Å²) in [4.78, 5) is 72.6. The SMILES string of the molecule is CCCCCCCCCCCCCCCCC(=O)O[C@H](COC(=O)CCCCCCCCC(C)C)COP(=O)(O)OC[C@H](O)COP(=O)(O)OC[C@@H](COC(=O)CCCCCCCCCCCCC(C)CC)OC(=O)CCCCCCCCCCCCC(C)CC. The zero-order valence-corrected chi connectivity index (χ0v) is 61.1. The quantitative estimate of drug-likeness (QED) is 0.0222. The van der Waals surface area contributed by atoms with Gasteiger partial charge in [0.15, 0.2) is 12.2 Å². The van der Waals surface area contributed by atoms with E-state index in [1.54, 1.807) is 0 Å². The standard InChI is InChI=1S/C72H140O17P2/c1-8-11-12-13-14-15-16-17-18-19-27-32-41-48-55-71(76)89-68(60-83-70(75)54-47-40-35-34-36-43-50-63(4)5)62-87-91(80,81)85-58-66(73)57-84-90(78,79)86-61-67(88-72(77)56-49-42-33-28-23-21-25-30-38-45-52-65(7)10-3)59-82-69(74)53-46-39-31-26-22-20-24-29-37-44-51-64(6)9-2/h63-68,73H,8-62H2,1-7H3,(H,78,79)(H,80,81)/t64?,65?,66-,67-,68-/m1/s1. The van der Waals surface area contributed by atoms with Gasteiger partial charge in [-0.25, -0.2) is 9.13 Å². The summed E-state index contributed by atoms with van der Waals surface area (Å²) in [6.07, 6.45) is 47.1. The predicted molar refractivity (Wildman–Crippen MR) is 368 cm³/mol. The smallest absolute Gasteiger partial charge is 0.462 e. The van der Waals surface area contributed by atoms with Crippen molar-refractivity contribution in [2.24, 2.45) is 17.8 Å². The monoisotopic (exact) mass is 1340 g/mol. The van der Waals surface area contributed by atoms with Crippen molar-refractivity contribution in [3.63, 3.8) is 0 Å². The van der Waals surface area contributed by atoms with Gasteiger partial charge in [-0.2, -0.15) is 0 Å². The molecule has 4 unspecified atom stereocenters. The van der Waals surface area contributed by atoms with Gasteiger partial charge in [-0.05, 0) is 43.4 Å². The molecule has 540 valence electrons. The molecule has 3 N–H and O–H groups in total. The first-order valence-electron chi connectivity index (χ1n) is 37.4. The molecule has 0 radical (unpaired) electrons. The van der Waals surface area contributed by atoms with Crippen LogP contribution in [0, 0.1) is 17.8 Å². The van der Waals surface area contributed by atoms with E-state index in [9.17, 15) is 43.2 Å². The number of ether oxygens (including phenoxy) is 4. The summed E-state index contributed by atoms with van der Waals surface area (Å²) >= 11 is 0. The van der Waals surface area contributed by atoms with Crippen LogP contribution in [0.4, 0.5) is 0 Å². The van der Waals surface area contributed by atoms with Crippen LogP contribution in [0.1, 0.15) is 363 Å². The fourth-order valence-electron chi connectivity index (χ4n) is 10.8. The van der Waals surface area contributed by atoms with Crippen molar-refractivity contribution in [2.75, 3.05) is 39.6 Å². The van der Waals surface area contributed by atoms with Gasteiger partial charge in [-0.15, -0.1) is 0 Å². The van der Waals surface area contributed by atoms with Gasteiger partial charge in [0.25, 0.3) is 0 Å². The zero-order valence-electron chi connectivity index (χ0n) is 59.3. The van der Waals surface area contributed by atoms with Gasteiger partial charge >= 0.3 is 39.5 Å². The number of rotatable bonds is 70. The van der Waals surface area contributed by atoms with Crippen LogP contribution in [-0.2, 0) is 65.4 Å². The van der Waals surface area contributed by atoms with Gasteiger partial charge in [0.05, 0.1) is 26.4 Å². The highest BCUT2D eigenvalue weighted by Crippen LogP contribution is 2.45. The van der Waals surface area contributed by atoms with Crippen LogP contribution in [0.25, 0.3) is 0 Å². The summed E-state index contributed by atoms with van der Waals surface area (Å²) in [5.41, 5.74) is 0. The molecule has 17 nitrogen and oxygen atoms in total. The average Bonchev–Trinajstić information content (AvgIpc) is 3.71. The van der Waals surface area contributed by atoms with Crippen LogP contribution >= 0.6 is 15.6 Å². The van der Waals surface area contributed by atoms with E-state index in [1.807, 2.05) is 0 Å². The van der Waals surface area contributed by atoms with Crippen molar-refractivity contribution in [1.82, 2.24) is 0 Å². The summed E-state index contributed by atoms with van der Waals surface area (Å²) < 4.78 is 68.4. The second-order valence-electron chi connectivity index (χ2n) is 26.9. The molecule has 0 saturated heterocycles. The Kier molecular flexibility index (Phi) is 61.5. The van der Waals surface area contributed by atoms with Gasteiger partial charge < -0.3 is 33.8 Å². The van der Waals surface area contributed by atoms with E-state index in [1.165, 1.54) is 167 Å². The van der Waals surface area contributed by atoms with Crippen LogP contribution in [0.3, 0.4) is 0 Å². The van der Waals surface area contributed by atoms with Crippen molar-refractivity contribution in [1.29, 1.82) is 0 Å². The average molecular weight is 1340 g/mol. The number of hydrogen-bond donors (Lipinski definition) is 3. The van der Waals surface area contributed by atoms with E-state index < -0.39 is 97.5 Å². The number of aliphatic hydroxyl groups is 1. The number of phosphoric acid groups is 2. The lowest BCUT2D eigenvalue weighted by atomic mass is 9.99. The van der Waals surface area contributed by atoms with Crippen LogP contribution in [0.2, 0.25) is 0 Å². The summed E-state index contributed by atoms with van der Waals surface area (Å²) in [6, 6.07) is 0. The Labute approximate surface area is 556 Å². The Bertz CT molecular complexity index is 1790. The molecule has 0 rings (SSSR count). The summed E-state index contributed by atoms with van der Waals surface area (Å²) in [5, 5.41) is 10.6. The van der Waals surface area contributed by atoms with Crippen molar-refractivity contribution in [2.45, 2.75) is 381 Å². The molecular weight excluding hydrogens is 1200 g/mol. The Hall–Kier alpha value is -1.94. The Morgan fingerprint density at radius 2 is 0.560 bits per heavy atom. The van der Waals surface area contributed by atoms with Crippen LogP contribution in [0.5, 0.6) is 0 Å². The summed E-state index contributed by atoms with van der Waals surface area (Å²) in [5.74, 6) is 0.168. The molecule has 0 heterocycles. The van der Waals surface area contributed by atoms with Crippen molar-refractivity contribution in [3.05, 3.63) is 0 Å². The molecule has 0 spiro atoms. The topological polar surface area (TPSA) is 237 Å². The molecule has 19 heteroatoms. The number of phosphoric ester groups is 2. The third-order valence-electron chi connectivity index (χ3n) is 17.4. The molecule has 0 aromatic rings. The first-order valence-corrected chi connectivity index (χ1v) is 40.4. The zero-order chi connectivity index (χ0) is 67.3. The Morgan fingerprint density at radius 1 is 0.319 bits per heavy atom. The third-order valence-corrected chi connectivity index (χ3v) is 19.3. The molecule has 0 aliphatic carbocycles. The maximum Gasteiger partial charge on any atom is 0.472 e. The molecule has 0 aromatic heterocycles. The molecule has 7 atom stereocenters. The lowest BCUT2D eigenvalue weighted by Gasteiger charge is -2.21. The first kappa shape index (κ1) is 89.1. The Morgan fingerprint density at radius 3 is 0.835 bits per heavy atom. The van der Waals surface area contributed by atoms with Gasteiger partial charge in [0.1, 0.15) is 19.3 Å². The number of carbonyl (C=O) groups excluding carboxylic acids is 4. The summed E-state index contributed by atoms with van der Waals surface area (Å²) in [6.45, 7) is 11.8. The minimum absolute atomic E-state index is 0.106. The number of esters is 4. The predicted octanol–water partition coefficient (Wildman–Crippen LogP) is 20.6. The minimum Gasteiger partial charge on any atom is -0.462 e. The molecule has 0 aliphatic heterocycles. The maximum atomic E-state index is 13.0. The largest absolute Gasteiger partial charge is 0.472 e. The highest BCUT2D eigenvalue weighted by Gasteiger charge is 2.30.